The van der Waals surface area contributed by atoms with E-state index in [0.717, 1.165) is 33.5 Å². The zero-order valence-electron chi connectivity index (χ0n) is 14.3. The molecule has 0 saturated carbocycles. The summed E-state index contributed by atoms with van der Waals surface area (Å²) in [6, 6.07) is 17.3. The number of hydrogen-bond acceptors (Lipinski definition) is 4. The summed E-state index contributed by atoms with van der Waals surface area (Å²) in [5, 5.41) is 9.80. The van der Waals surface area contributed by atoms with Crippen molar-refractivity contribution in [2.75, 3.05) is 0 Å². The Balaban J connectivity index is 1.65. The smallest absolute Gasteiger partial charge is 0.227 e. The number of oxazole rings is 1. The Kier molecular flexibility index (Phi) is 4.85. The normalized spacial score (nSPS) is 11.5. The van der Waals surface area contributed by atoms with Crippen LogP contribution in [0.1, 0.15) is 11.1 Å². The van der Waals surface area contributed by atoms with E-state index >= 15 is 0 Å². The third-order valence-electron chi connectivity index (χ3n) is 4.04. The molecule has 0 aliphatic heterocycles. The van der Waals surface area contributed by atoms with Gasteiger partial charge in [0.05, 0.1) is 14.6 Å². The van der Waals surface area contributed by atoms with E-state index in [1.54, 1.807) is 18.3 Å². The van der Waals surface area contributed by atoms with Gasteiger partial charge in [-0.3, -0.25) is 4.99 Å². The second kappa shape index (κ2) is 7.29. The molecule has 0 spiro atoms. The van der Waals surface area contributed by atoms with Crippen molar-refractivity contribution in [2.24, 2.45) is 4.99 Å². The number of aryl methyl sites for hydroxylation is 1. The highest BCUT2D eigenvalue weighted by molar-refractivity contribution is 9.11. The van der Waals surface area contributed by atoms with Crippen molar-refractivity contribution in [3.63, 3.8) is 0 Å². The van der Waals surface area contributed by atoms with Gasteiger partial charge in [-0.05, 0) is 92.4 Å². The van der Waals surface area contributed by atoms with Gasteiger partial charge >= 0.3 is 0 Å². The molecule has 6 heteroatoms. The van der Waals surface area contributed by atoms with E-state index < -0.39 is 0 Å². The number of benzene rings is 3. The molecule has 0 aliphatic rings. The van der Waals surface area contributed by atoms with E-state index in [2.05, 4.69) is 41.8 Å². The summed E-state index contributed by atoms with van der Waals surface area (Å²) < 4.78 is 7.08. The van der Waals surface area contributed by atoms with E-state index in [-0.39, 0.29) is 5.75 Å². The molecule has 0 atom stereocenters. The van der Waals surface area contributed by atoms with Crippen LogP contribution in [0.15, 0.2) is 73.0 Å². The molecule has 1 N–H and O–H groups in total. The molecule has 1 heterocycles. The molecule has 0 bridgehead atoms. The monoisotopic (exact) mass is 484 g/mol. The van der Waals surface area contributed by atoms with E-state index in [9.17, 15) is 5.11 Å². The standard InChI is InChI=1S/C21H14Br2N2O2/c1-12-5-6-19-18(7-12)25-21(27-19)14-3-2-4-15(10-14)24-11-13-8-16(22)20(26)17(23)9-13/h2-11,26H,1H3. The Morgan fingerprint density at radius 3 is 2.59 bits per heavy atom. The Morgan fingerprint density at radius 2 is 1.81 bits per heavy atom. The summed E-state index contributed by atoms with van der Waals surface area (Å²) in [5.74, 6) is 0.739. The molecule has 0 unspecified atom stereocenters. The van der Waals surface area contributed by atoms with Gasteiger partial charge in [0, 0.05) is 11.8 Å². The first-order valence-corrected chi connectivity index (χ1v) is 9.78. The molecule has 27 heavy (non-hydrogen) atoms. The second-order valence-corrected chi connectivity index (χ2v) is 7.84. The first kappa shape index (κ1) is 17.9. The average Bonchev–Trinajstić information content (AvgIpc) is 3.08. The summed E-state index contributed by atoms with van der Waals surface area (Å²) in [7, 11) is 0. The molecule has 0 amide bonds. The number of aromatic hydroxyl groups is 1. The number of hydrogen-bond donors (Lipinski definition) is 1. The lowest BCUT2D eigenvalue weighted by atomic mass is 10.2. The molecule has 0 fully saturated rings. The van der Waals surface area contributed by atoms with Crippen molar-refractivity contribution < 1.29 is 9.52 Å². The largest absolute Gasteiger partial charge is 0.506 e. The van der Waals surface area contributed by atoms with Crippen LogP contribution in [0.2, 0.25) is 0 Å². The maximum Gasteiger partial charge on any atom is 0.227 e. The summed E-state index contributed by atoms with van der Waals surface area (Å²) in [6.45, 7) is 2.03. The van der Waals surface area contributed by atoms with Crippen molar-refractivity contribution in [1.82, 2.24) is 4.98 Å². The third kappa shape index (κ3) is 3.82. The number of phenolic OH excluding ortho intramolecular Hbond substituents is 1. The predicted molar refractivity (Wildman–Crippen MR) is 115 cm³/mol. The highest BCUT2D eigenvalue weighted by Crippen LogP contribution is 2.33. The van der Waals surface area contributed by atoms with E-state index in [1.807, 2.05) is 49.4 Å². The SMILES string of the molecule is Cc1ccc2oc(-c3cccc(N=Cc4cc(Br)c(O)c(Br)c4)c3)nc2c1. The van der Waals surface area contributed by atoms with Crippen LogP contribution < -0.4 is 0 Å². The maximum atomic E-state index is 9.80. The van der Waals surface area contributed by atoms with Crippen LogP contribution >= 0.6 is 31.9 Å². The minimum absolute atomic E-state index is 0.167. The fraction of sp³-hybridized carbons (Fsp3) is 0.0476. The molecule has 4 nitrogen and oxygen atoms in total. The van der Waals surface area contributed by atoms with Gasteiger partial charge in [0.25, 0.3) is 0 Å². The number of nitrogens with zero attached hydrogens (tertiary/aromatic N) is 2. The second-order valence-electron chi connectivity index (χ2n) is 6.13. The maximum absolute atomic E-state index is 9.80. The Bertz CT molecular complexity index is 1160. The molecule has 134 valence electrons. The lowest BCUT2D eigenvalue weighted by molar-refractivity contribution is 0.468. The Hall–Kier alpha value is -2.44. The molecular weight excluding hydrogens is 472 g/mol. The van der Waals surface area contributed by atoms with Gasteiger partial charge in [0.1, 0.15) is 11.3 Å². The first-order valence-electron chi connectivity index (χ1n) is 8.19. The number of fused-ring (bicyclic) bond motifs is 1. The Labute approximate surface area is 172 Å². The zero-order valence-corrected chi connectivity index (χ0v) is 17.5. The minimum Gasteiger partial charge on any atom is -0.506 e. The molecule has 1 aromatic heterocycles. The summed E-state index contributed by atoms with van der Waals surface area (Å²) in [6.07, 6.45) is 1.74. The Morgan fingerprint density at radius 1 is 1.04 bits per heavy atom. The van der Waals surface area contributed by atoms with Gasteiger partial charge in [0.15, 0.2) is 5.58 Å². The van der Waals surface area contributed by atoms with Gasteiger partial charge in [0.2, 0.25) is 5.89 Å². The van der Waals surface area contributed by atoms with Gasteiger partial charge < -0.3 is 9.52 Å². The number of aromatic nitrogens is 1. The predicted octanol–water partition coefficient (Wildman–Crippen LogP) is 6.78. The highest BCUT2D eigenvalue weighted by Gasteiger charge is 2.09. The van der Waals surface area contributed by atoms with Crippen LogP contribution in [-0.4, -0.2) is 16.3 Å². The molecule has 3 aromatic carbocycles. The lowest BCUT2D eigenvalue weighted by Gasteiger charge is -2.02. The van der Waals surface area contributed by atoms with Crippen molar-refractivity contribution in [3.05, 3.63) is 74.7 Å². The van der Waals surface area contributed by atoms with Crippen molar-refractivity contribution in [2.45, 2.75) is 6.92 Å². The number of halogens is 2. The number of aliphatic imine (C=N–C) groups is 1. The van der Waals surface area contributed by atoms with Gasteiger partial charge in [-0.1, -0.05) is 12.1 Å². The van der Waals surface area contributed by atoms with Crippen molar-refractivity contribution in [1.29, 1.82) is 0 Å². The van der Waals surface area contributed by atoms with Crippen LogP contribution in [0.3, 0.4) is 0 Å². The fourth-order valence-electron chi connectivity index (χ4n) is 2.69. The highest BCUT2D eigenvalue weighted by atomic mass is 79.9. The summed E-state index contributed by atoms with van der Waals surface area (Å²) in [4.78, 5) is 9.10. The average molecular weight is 486 g/mol. The van der Waals surface area contributed by atoms with E-state index in [1.165, 1.54) is 0 Å². The topological polar surface area (TPSA) is 58.6 Å². The van der Waals surface area contributed by atoms with Gasteiger partial charge in [-0.15, -0.1) is 0 Å². The molecule has 0 saturated heterocycles. The quantitative estimate of drug-likeness (QED) is 0.325. The zero-order chi connectivity index (χ0) is 19.0. The van der Waals surface area contributed by atoms with E-state index in [4.69, 9.17) is 4.42 Å². The van der Waals surface area contributed by atoms with Crippen molar-refractivity contribution in [3.8, 4) is 17.2 Å². The molecule has 0 aliphatic carbocycles. The van der Waals surface area contributed by atoms with Crippen LogP contribution in [0.4, 0.5) is 5.69 Å². The van der Waals surface area contributed by atoms with Crippen LogP contribution in [-0.2, 0) is 0 Å². The summed E-state index contributed by atoms with van der Waals surface area (Å²) >= 11 is 6.65. The number of rotatable bonds is 3. The lowest BCUT2D eigenvalue weighted by Crippen LogP contribution is -1.83. The molecular formula is C21H14Br2N2O2. The van der Waals surface area contributed by atoms with Gasteiger partial charge in [-0.25, -0.2) is 4.98 Å². The number of phenols is 1. The van der Waals surface area contributed by atoms with Crippen molar-refractivity contribution >= 4 is 54.9 Å². The summed E-state index contributed by atoms with van der Waals surface area (Å²) in [5.41, 5.74) is 5.26. The van der Waals surface area contributed by atoms with E-state index in [0.29, 0.717) is 14.8 Å². The van der Waals surface area contributed by atoms with Gasteiger partial charge in [-0.2, -0.15) is 0 Å². The van der Waals surface area contributed by atoms with Crippen LogP contribution in [0.25, 0.3) is 22.6 Å². The molecule has 4 aromatic rings. The van der Waals surface area contributed by atoms with Crippen LogP contribution in [0, 0.1) is 6.92 Å². The molecule has 4 rings (SSSR count). The van der Waals surface area contributed by atoms with Crippen LogP contribution in [0.5, 0.6) is 5.75 Å². The molecule has 0 radical (unpaired) electrons. The third-order valence-corrected chi connectivity index (χ3v) is 5.25. The fourth-order valence-corrected chi connectivity index (χ4v) is 3.91. The minimum atomic E-state index is 0.167. The first-order chi connectivity index (χ1) is 13.0.